The van der Waals surface area contributed by atoms with E-state index in [2.05, 4.69) is 25.1 Å². The van der Waals surface area contributed by atoms with Crippen molar-refractivity contribution in [2.75, 3.05) is 24.2 Å². The molecule has 2 aromatic rings. The molecule has 1 aromatic carbocycles. The predicted molar refractivity (Wildman–Crippen MR) is 113 cm³/mol. The summed E-state index contributed by atoms with van der Waals surface area (Å²) in [5.41, 5.74) is 6.10. The van der Waals surface area contributed by atoms with Gasteiger partial charge in [0.1, 0.15) is 12.3 Å². The van der Waals surface area contributed by atoms with Crippen LogP contribution in [0.5, 0.6) is 5.75 Å². The van der Waals surface area contributed by atoms with Crippen molar-refractivity contribution < 1.29 is 35.3 Å². The summed E-state index contributed by atoms with van der Waals surface area (Å²) in [6.07, 6.45) is -7.03. The molecular formula is C18H21F6N7O2S. The zero-order valence-corrected chi connectivity index (χ0v) is 18.4. The standard InChI is InChI=1S/C18H21F6N7O2S/c1-2-34(32)31(10-17(19,20)21)9-14(11-3-5-13(6-4-11)33-18(22,23)24)29-16-27-7-12(8-28-16)15(25)30-26/h3-8,14H,2,9-10,26H2,1H3,(H2,25,30)(H,27,28,29). The largest absolute Gasteiger partial charge is 0.573 e. The number of aromatic nitrogens is 2. The van der Waals surface area contributed by atoms with Crippen molar-refractivity contribution in [2.45, 2.75) is 25.5 Å². The number of nitrogens with two attached hydrogens (primary N) is 2. The SMILES string of the molecule is CCS(=O)N(CC(Nc1ncc(/C(N)=N/N)cn1)c1ccc(OC(F)(F)F)cc1)CC(F)(F)F. The van der Waals surface area contributed by atoms with Crippen LogP contribution in [0.15, 0.2) is 41.8 Å². The number of hydrogen-bond acceptors (Lipinski definition) is 7. The van der Waals surface area contributed by atoms with E-state index in [0.29, 0.717) is 4.31 Å². The third kappa shape index (κ3) is 8.66. The number of benzene rings is 1. The van der Waals surface area contributed by atoms with Gasteiger partial charge in [0.15, 0.2) is 5.84 Å². The van der Waals surface area contributed by atoms with Crippen LogP contribution in [0, 0.1) is 0 Å². The first-order valence-corrected chi connectivity index (χ1v) is 10.8. The Morgan fingerprint density at radius 3 is 2.24 bits per heavy atom. The lowest BCUT2D eigenvalue weighted by Crippen LogP contribution is -2.40. The number of anilines is 1. The van der Waals surface area contributed by atoms with Crippen LogP contribution in [0.25, 0.3) is 0 Å². The number of halogens is 6. The Kier molecular flexibility index (Phi) is 9.03. The second kappa shape index (κ2) is 11.3. The molecule has 0 saturated carbocycles. The fourth-order valence-electron chi connectivity index (χ4n) is 2.71. The molecule has 1 aromatic heterocycles. The van der Waals surface area contributed by atoms with Crippen LogP contribution in [0.3, 0.4) is 0 Å². The Balaban J connectivity index is 2.36. The molecule has 1 heterocycles. The average Bonchev–Trinajstić information content (AvgIpc) is 2.76. The zero-order chi connectivity index (χ0) is 25.5. The molecule has 0 aliphatic rings. The monoisotopic (exact) mass is 513 g/mol. The Morgan fingerprint density at radius 1 is 1.18 bits per heavy atom. The second-order valence-corrected chi connectivity index (χ2v) is 8.41. The Morgan fingerprint density at radius 2 is 1.76 bits per heavy atom. The average molecular weight is 513 g/mol. The smallest absolute Gasteiger partial charge is 0.406 e. The van der Waals surface area contributed by atoms with E-state index in [9.17, 15) is 30.6 Å². The topological polar surface area (TPSA) is 132 Å². The number of nitrogens with one attached hydrogen (secondary N) is 1. The van der Waals surface area contributed by atoms with Crippen LogP contribution < -0.4 is 21.6 Å². The first kappa shape index (κ1) is 27.1. The van der Waals surface area contributed by atoms with E-state index in [0.717, 1.165) is 12.1 Å². The van der Waals surface area contributed by atoms with Gasteiger partial charge in [-0.25, -0.2) is 18.5 Å². The normalized spacial score (nSPS) is 14.6. The van der Waals surface area contributed by atoms with Gasteiger partial charge in [0.2, 0.25) is 5.95 Å². The number of amidine groups is 1. The van der Waals surface area contributed by atoms with Gasteiger partial charge in [-0.15, -0.1) is 13.2 Å². The van der Waals surface area contributed by atoms with Crippen molar-refractivity contribution in [1.82, 2.24) is 14.3 Å². The lowest BCUT2D eigenvalue weighted by Gasteiger charge is -2.28. The van der Waals surface area contributed by atoms with Crippen molar-refractivity contribution in [1.29, 1.82) is 0 Å². The van der Waals surface area contributed by atoms with Gasteiger partial charge in [-0.2, -0.15) is 18.3 Å². The van der Waals surface area contributed by atoms with Crippen molar-refractivity contribution in [3.8, 4) is 5.75 Å². The van der Waals surface area contributed by atoms with Crippen molar-refractivity contribution >= 4 is 22.8 Å². The highest BCUT2D eigenvalue weighted by Crippen LogP contribution is 2.27. The fraction of sp³-hybridized carbons (Fsp3) is 0.389. The summed E-state index contributed by atoms with van der Waals surface area (Å²) >= 11 is 0. The molecule has 34 heavy (non-hydrogen) atoms. The summed E-state index contributed by atoms with van der Waals surface area (Å²) in [6.45, 7) is -0.447. The van der Waals surface area contributed by atoms with Crippen LogP contribution in [-0.4, -0.2) is 55.7 Å². The number of ether oxygens (including phenoxy) is 1. The van der Waals surface area contributed by atoms with Gasteiger partial charge in [-0.1, -0.05) is 19.1 Å². The van der Waals surface area contributed by atoms with E-state index in [1.54, 1.807) is 0 Å². The number of nitrogens with zero attached hydrogens (tertiary/aromatic N) is 4. The minimum absolute atomic E-state index is 0.0385. The molecule has 16 heteroatoms. The lowest BCUT2D eigenvalue weighted by molar-refractivity contribution is -0.274. The molecule has 0 aliphatic heterocycles. The van der Waals surface area contributed by atoms with E-state index in [1.165, 1.54) is 31.5 Å². The minimum Gasteiger partial charge on any atom is -0.406 e. The van der Waals surface area contributed by atoms with Crippen molar-refractivity contribution in [2.24, 2.45) is 16.7 Å². The van der Waals surface area contributed by atoms with Crippen LogP contribution in [0.1, 0.15) is 24.1 Å². The molecule has 0 spiro atoms. The maximum atomic E-state index is 13.1. The number of hydrazone groups is 1. The van der Waals surface area contributed by atoms with Crippen molar-refractivity contribution in [3.63, 3.8) is 0 Å². The van der Waals surface area contributed by atoms with Crippen LogP contribution in [-0.2, 0) is 11.0 Å². The van der Waals surface area contributed by atoms with Gasteiger partial charge in [-0.3, -0.25) is 0 Å². The van der Waals surface area contributed by atoms with E-state index in [-0.39, 0.29) is 28.7 Å². The fourth-order valence-corrected chi connectivity index (χ4v) is 3.68. The summed E-state index contributed by atoms with van der Waals surface area (Å²) < 4.78 is 93.3. The van der Waals surface area contributed by atoms with E-state index in [4.69, 9.17) is 11.6 Å². The molecule has 0 amide bonds. The van der Waals surface area contributed by atoms with Gasteiger partial charge in [0.05, 0.1) is 22.6 Å². The predicted octanol–water partition coefficient (Wildman–Crippen LogP) is 2.66. The summed E-state index contributed by atoms with van der Waals surface area (Å²) in [5.74, 6) is 4.39. The van der Waals surface area contributed by atoms with Crippen LogP contribution in [0.2, 0.25) is 0 Å². The van der Waals surface area contributed by atoms with Crippen LogP contribution >= 0.6 is 0 Å². The Hall–Kier alpha value is -3.14. The molecule has 0 radical (unpaired) electrons. The van der Waals surface area contributed by atoms with E-state index >= 15 is 0 Å². The summed E-state index contributed by atoms with van der Waals surface area (Å²) in [7, 11) is -1.98. The molecule has 2 rings (SSSR count). The highest BCUT2D eigenvalue weighted by atomic mass is 32.2. The molecule has 5 N–H and O–H groups in total. The van der Waals surface area contributed by atoms with Crippen LogP contribution in [0.4, 0.5) is 32.3 Å². The van der Waals surface area contributed by atoms with Gasteiger partial charge < -0.3 is 21.6 Å². The summed E-state index contributed by atoms with van der Waals surface area (Å²) in [4.78, 5) is 7.99. The molecule has 0 saturated heterocycles. The van der Waals surface area contributed by atoms with Gasteiger partial charge in [-0.05, 0) is 17.7 Å². The van der Waals surface area contributed by atoms with E-state index in [1.807, 2.05) is 0 Å². The van der Waals surface area contributed by atoms with Gasteiger partial charge in [0, 0.05) is 24.7 Å². The van der Waals surface area contributed by atoms with E-state index < -0.39 is 48.4 Å². The highest BCUT2D eigenvalue weighted by Gasteiger charge is 2.34. The Labute approximate surface area is 192 Å². The first-order valence-electron chi connectivity index (χ1n) is 9.49. The zero-order valence-electron chi connectivity index (χ0n) is 17.6. The number of rotatable bonds is 10. The third-order valence-electron chi connectivity index (χ3n) is 4.18. The van der Waals surface area contributed by atoms with Gasteiger partial charge in [0.25, 0.3) is 0 Å². The van der Waals surface area contributed by atoms with Crippen molar-refractivity contribution in [3.05, 3.63) is 47.8 Å². The molecule has 9 nitrogen and oxygen atoms in total. The highest BCUT2D eigenvalue weighted by molar-refractivity contribution is 7.82. The molecular weight excluding hydrogens is 492 g/mol. The Bertz CT molecular complexity index is 984. The minimum atomic E-state index is -4.91. The van der Waals surface area contributed by atoms with Gasteiger partial charge >= 0.3 is 12.5 Å². The molecule has 2 atom stereocenters. The molecule has 0 fully saturated rings. The lowest BCUT2D eigenvalue weighted by atomic mass is 10.1. The summed E-state index contributed by atoms with van der Waals surface area (Å²) in [6, 6.07) is 3.47. The third-order valence-corrected chi connectivity index (χ3v) is 5.53. The maximum absolute atomic E-state index is 13.1. The molecule has 2 unspecified atom stereocenters. The first-order chi connectivity index (χ1) is 15.8. The molecule has 0 aliphatic carbocycles. The second-order valence-electron chi connectivity index (χ2n) is 6.67. The number of hydrogen-bond donors (Lipinski definition) is 3. The molecule has 0 bridgehead atoms. The summed E-state index contributed by atoms with van der Waals surface area (Å²) in [5, 5.41) is 6.09. The maximum Gasteiger partial charge on any atom is 0.573 e. The quantitative estimate of drug-likeness (QED) is 0.146. The molecule has 188 valence electrons. The number of alkyl halides is 6.